The van der Waals surface area contributed by atoms with Crippen LogP contribution in [0.15, 0.2) is 23.1 Å². The summed E-state index contributed by atoms with van der Waals surface area (Å²) in [6, 6.07) is 5.47. The maximum absolute atomic E-state index is 9.74. The molecule has 0 aliphatic carbocycles. The fourth-order valence-electron chi connectivity index (χ4n) is 1.40. The summed E-state index contributed by atoms with van der Waals surface area (Å²) in [5, 5.41) is 9.74. The third-order valence-corrected chi connectivity index (χ3v) is 3.12. The zero-order valence-corrected chi connectivity index (χ0v) is 8.75. The molecule has 0 spiro atoms. The summed E-state index contributed by atoms with van der Waals surface area (Å²) in [5.74, 6) is 1.51. The quantitative estimate of drug-likeness (QED) is 0.778. The van der Waals surface area contributed by atoms with Gasteiger partial charge in [-0.1, -0.05) is 17.8 Å². The molecule has 0 saturated heterocycles. The van der Waals surface area contributed by atoms with Crippen LogP contribution in [0.2, 0.25) is 0 Å². The Morgan fingerprint density at radius 1 is 1.57 bits per heavy atom. The Morgan fingerprint density at radius 2 is 2.36 bits per heavy atom. The van der Waals surface area contributed by atoms with Gasteiger partial charge in [0.2, 0.25) is 0 Å². The van der Waals surface area contributed by atoms with Crippen LogP contribution in [0.5, 0.6) is 5.75 Å². The lowest BCUT2D eigenvalue weighted by Gasteiger charge is -2.15. The lowest BCUT2D eigenvalue weighted by Crippen LogP contribution is -2.24. The molecule has 76 valence electrons. The van der Waals surface area contributed by atoms with E-state index in [0.29, 0.717) is 5.94 Å². The Balaban J connectivity index is 2.28. The minimum absolute atomic E-state index is 0.262. The van der Waals surface area contributed by atoms with E-state index in [0.717, 1.165) is 16.2 Å². The van der Waals surface area contributed by atoms with Gasteiger partial charge in [0, 0.05) is 6.04 Å². The summed E-state index contributed by atoms with van der Waals surface area (Å²) >= 11 is 1.66. The summed E-state index contributed by atoms with van der Waals surface area (Å²) in [5.41, 5.74) is 6.44. The van der Waals surface area contributed by atoms with Crippen LogP contribution in [-0.2, 0) is 0 Å². The number of hydrogen-bond acceptors (Lipinski definition) is 4. The second-order valence-corrected chi connectivity index (χ2v) is 4.38. The molecule has 1 aromatic carbocycles. The summed E-state index contributed by atoms with van der Waals surface area (Å²) in [7, 11) is 0. The minimum atomic E-state index is -0.616. The SMILES string of the molecule is CC(N)C(O)c1ccc2c(c1)OCS2. The molecule has 0 amide bonds. The second-order valence-electron chi connectivity index (χ2n) is 3.42. The lowest BCUT2D eigenvalue weighted by atomic mass is 10.0. The Kier molecular flexibility index (Phi) is 2.67. The van der Waals surface area contributed by atoms with Crippen molar-refractivity contribution in [2.45, 2.75) is 24.0 Å². The molecule has 3 N–H and O–H groups in total. The van der Waals surface area contributed by atoms with Gasteiger partial charge in [-0.3, -0.25) is 0 Å². The van der Waals surface area contributed by atoms with E-state index in [9.17, 15) is 5.11 Å². The Morgan fingerprint density at radius 3 is 3.07 bits per heavy atom. The molecule has 1 heterocycles. The first kappa shape index (κ1) is 9.83. The molecule has 0 aromatic heterocycles. The van der Waals surface area contributed by atoms with E-state index in [1.807, 2.05) is 18.2 Å². The number of hydrogen-bond donors (Lipinski definition) is 2. The number of fused-ring (bicyclic) bond motifs is 1. The molecule has 4 heteroatoms. The highest BCUT2D eigenvalue weighted by atomic mass is 32.2. The molecule has 0 saturated carbocycles. The van der Waals surface area contributed by atoms with Crippen molar-refractivity contribution in [3.8, 4) is 5.75 Å². The number of aliphatic hydroxyl groups is 1. The van der Waals surface area contributed by atoms with E-state index in [-0.39, 0.29) is 6.04 Å². The summed E-state index contributed by atoms with van der Waals surface area (Å²) in [4.78, 5) is 1.13. The van der Waals surface area contributed by atoms with Crippen molar-refractivity contribution in [1.29, 1.82) is 0 Å². The van der Waals surface area contributed by atoms with Crippen molar-refractivity contribution >= 4 is 11.8 Å². The monoisotopic (exact) mass is 211 g/mol. The number of rotatable bonds is 2. The van der Waals surface area contributed by atoms with Crippen LogP contribution in [0.1, 0.15) is 18.6 Å². The first-order chi connectivity index (χ1) is 6.68. The maximum Gasteiger partial charge on any atom is 0.138 e. The van der Waals surface area contributed by atoms with Gasteiger partial charge in [0.05, 0.1) is 11.0 Å². The predicted octanol–water partition coefficient (Wildman–Crippen LogP) is 1.51. The summed E-state index contributed by atoms with van der Waals surface area (Å²) in [6.07, 6.45) is -0.616. The average molecular weight is 211 g/mol. The molecule has 2 rings (SSSR count). The third-order valence-electron chi connectivity index (χ3n) is 2.24. The van der Waals surface area contributed by atoms with Crippen LogP contribution in [0, 0.1) is 0 Å². The van der Waals surface area contributed by atoms with Gasteiger partial charge < -0.3 is 15.6 Å². The predicted molar refractivity (Wildman–Crippen MR) is 56.4 cm³/mol. The van der Waals surface area contributed by atoms with Gasteiger partial charge in [-0.05, 0) is 24.6 Å². The first-order valence-electron chi connectivity index (χ1n) is 4.51. The van der Waals surface area contributed by atoms with E-state index in [1.54, 1.807) is 18.7 Å². The zero-order chi connectivity index (χ0) is 10.1. The third kappa shape index (κ3) is 1.73. The van der Waals surface area contributed by atoms with Crippen molar-refractivity contribution in [2.24, 2.45) is 5.73 Å². The Bertz CT molecular complexity index is 341. The van der Waals surface area contributed by atoms with Crippen molar-refractivity contribution < 1.29 is 9.84 Å². The highest BCUT2D eigenvalue weighted by molar-refractivity contribution is 7.99. The minimum Gasteiger partial charge on any atom is -0.481 e. The number of aliphatic hydroxyl groups excluding tert-OH is 1. The van der Waals surface area contributed by atoms with Gasteiger partial charge in [0.1, 0.15) is 11.7 Å². The standard InChI is InChI=1S/C10H13NO2S/c1-6(11)10(12)7-2-3-9-8(4-7)13-5-14-9/h2-4,6,10,12H,5,11H2,1H3. The average Bonchev–Trinajstić information content (AvgIpc) is 2.62. The molecule has 1 aliphatic rings. The van der Waals surface area contributed by atoms with Crippen molar-refractivity contribution in [3.63, 3.8) is 0 Å². The highest BCUT2D eigenvalue weighted by Crippen LogP contribution is 2.37. The number of benzene rings is 1. The Labute approximate surface area is 87.3 Å². The normalized spacial score (nSPS) is 18.5. The number of nitrogens with two attached hydrogens (primary N) is 1. The van der Waals surface area contributed by atoms with Crippen LogP contribution >= 0.6 is 11.8 Å². The number of thioether (sulfide) groups is 1. The lowest BCUT2D eigenvalue weighted by molar-refractivity contribution is 0.153. The molecule has 1 aliphatic heterocycles. The molecule has 3 nitrogen and oxygen atoms in total. The van der Waals surface area contributed by atoms with Crippen LogP contribution in [0.3, 0.4) is 0 Å². The molecular formula is C10H13NO2S. The largest absolute Gasteiger partial charge is 0.481 e. The van der Waals surface area contributed by atoms with E-state index >= 15 is 0 Å². The maximum atomic E-state index is 9.74. The van der Waals surface area contributed by atoms with Gasteiger partial charge in [0.25, 0.3) is 0 Å². The highest BCUT2D eigenvalue weighted by Gasteiger charge is 2.17. The molecule has 2 atom stereocenters. The fraction of sp³-hybridized carbons (Fsp3) is 0.400. The van der Waals surface area contributed by atoms with Gasteiger partial charge in [-0.15, -0.1) is 0 Å². The number of ether oxygens (including phenoxy) is 1. The molecule has 0 radical (unpaired) electrons. The zero-order valence-electron chi connectivity index (χ0n) is 7.93. The van der Waals surface area contributed by atoms with Gasteiger partial charge in [-0.25, -0.2) is 0 Å². The molecule has 14 heavy (non-hydrogen) atoms. The first-order valence-corrected chi connectivity index (χ1v) is 5.50. The van der Waals surface area contributed by atoms with Crippen LogP contribution in [0.4, 0.5) is 0 Å². The molecule has 0 fully saturated rings. The van der Waals surface area contributed by atoms with Crippen molar-refractivity contribution in [2.75, 3.05) is 5.94 Å². The molecular weight excluding hydrogens is 198 g/mol. The van der Waals surface area contributed by atoms with Gasteiger partial charge >= 0.3 is 0 Å². The van der Waals surface area contributed by atoms with E-state index in [2.05, 4.69) is 0 Å². The Hall–Kier alpha value is -0.710. The fourth-order valence-corrected chi connectivity index (χ4v) is 2.14. The summed E-state index contributed by atoms with van der Waals surface area (Å²) < 4.78 is 5.38. The van der Waals surface area contributed by atoms with Gasteiger partial charge in [0.15, 0.2) is 0 Å². The molecule has 0 bridgehead atoms. The van der Waals surface area contributed by atoms with E-state index in [4.69, 9.17) is 10.5 Å². The molecule has 2 unspecified atom stereocenters. The molecule has 1 aromatic rings. The topological polar surface area (TPSA) is 55.5 Å². The van der Waals surface area contributed by atoms with Gasteiger partial charge in [-0.2, -0.15) is 0 Å². The van der Waals surface area contributed by atoms with Crippen LogP contribution in [0.25, 0.3) is 0 Å². The van der Waals surface area contributed by atoms with Crippen LogP contribution < -0.4 is 10.5 Å². The van der Waals surface area contributed by atoms with E-state index < -0.39 is 6.10 Å². The van der Waals surface area contributed by atoms with E-state index in [1.165, 1.54) is 0 Å². The summed E-state index contributed by atoms with van der Waals surface area (Å²) in [6.45, 7) is 1.79. The smallest absolute Gasteiger partial charge is 0.138 e. The second kappa shape index (κ2) is 3.81. The van der Waals surface area contributed by atoms with Crippen molar-refractivity contribution in [3.05, 3.63) is 23.8 Å². The van der Waals surface area contributed by atoms with Crippen LogP contribution in [-0.4, -0.2) is 17.1 Å². The van der Waals surface area contributed by atoms with Crippen molar-refractivity contribution in [1.82, 2.24) is 0 Å².